The molecule has 234 valence electrons. The Balaban J connectivity index is 1.51. The van der Waals surface area contributed by atoms with Gasteiger partial charge < -0.3 is 15.1 Å². The Hall–Kier alpha value is -4.18. The van der Waals surface area contributed by atoms with Crippen LogP contribution in [0.2, 0.25) is 0 Å². The topological polar surface area (TPSA) is 141 Å². The maximum absolute atomic E-state index is 14.5. The molecule has 1 atom stereocenters. The van der Waals surface area contributed by atoms with E-state index >= 15 is 0 Å². The van der Waals surface area contributed by atoms with Gasteiger partial charge in [0.1, 0.15) is 11.6 Å². The van der Waals surface area contributed by atoms with Crippen LogP contribution in [0, 0.1) is 29.1 Å². The van der Waals surface area contributed by atoms with Gasteiger partial charge in [0.2, 0.25) is 21.7 Å². The minimum Gasteiger partial charge on any atom is -0.505 e. The highest BCUT2D eigenvalue weighted by Gasteiger charge is 2.48. The van der Waals surface area contributed by atoms with E-state index in [0.717, 1.165) is 48.8 Å². The lowest BCUT2D eigenvalue weighted by Crippen LogP contribution is -2.59. The molecular formula is C28H25F5N4O6S. The van der Waals surface area contributed by atoms with E-state index in [1.807, 2.05) is 0 Å². The molecule has 2 aliphatic rings. The maximum atomic E-state index is 14.5. The lowest BCUT2D eigenvalue weighted by Gasteiger charge is -2.41. The summed E-state index contributed by atoms with van der Waals surface area (Å²) in [7, 11) is -5.45. The molecule has 3 aromatic rings. The van der Waals surface area contributed by atoms with Crippen LogP contribution in [0.5, 0.6) is 5.75 Å². The highest BCUT2D eigenvalue weighted by molar-refractivity contribution is 7.89. The van der Waals surface area contributed by atoms with E-state index in [-0.39, 0.29) is 28.0 Å². The fraction of sp³-hybridized carbons (Fsp3) is 0.357. The van der Waals surface area contributed by atoms with Gasteiger partial charge >= 0.3 is 5.97 Å². The van der Waals surface area contributed by atoms with Crippen LogP contribution in [0.3, 0.4) is 0 Å². The zero-order valence-corrected chi connectivity index (χ0v) is 23.6. The number of benzene rings is 2. The first kappa shape index (κ1) is 31.3. The van der Waals surface area contributed by atoms with Crippen LogP contribution < -0.4 is 4.90 Å². The third-order valence-electron chi connectivity index (χ3n) is 7.88. The normalized spacial score (nSPS) is 17.7. The number of anilines is 1. The van der Waals surface area contributed by atoms with Crippen LogP contribution in [0.4, 0.5) is 27.6 Å². The molecule has 0 bridgehead atoms. The number of carbonyl (C=O) groups is 2. The summed E-state index contributed by atoms with van der Waals surface area (Å²) < 4.78 is 96.8. The maximum Gasteiger partial charge on any atom is 0.339 e. The molecular weight excluding hydrogens is 615 g/mol. The van der Waals surface area contributed by atoms with Crippen molar-refractivity contribution < 1.29 is 50.2 Å². The monoisotopic (exact) mass is 640 g/mol. The standard InChI is InChI=1S/C28H25F5N4O6S/c29-20-21(30)23(32)26(24(33)22(20)31)44(42,43)37-12-11-19(37)27(39)36(18-8-4-7-16(25(18)38)28(40)41)13-15-9-10-17(35-34-15)14-5-2-1-3-6-14/h4,7-10,14,19,38H,1-3,5-6,11-13H2,(H,40,41). The van der Waals surface area contributed by atoms with E-state index < -0.39 is 86.3 Å². The van der Waals surface area contributed by atoms with Crippen molar-refractivity contribution in [1.82, 2.24) is 14.5 Å². The second-order valence-corrected chi connectivity index (χ2v) is 12.3. The molecule has 5 rings (SSSR count). The fourth-order valence-corrected chi connectivity index (χ4v) is 7.19. The van der Waals surface area contributed by atoms with E-state index in [9.17, 15) is 50.2 Å². The van der Waals surface area contributed by atoms with Gasteiger partial charge in [0, 0.05) is 12.5 Å². The molecule has 0 spiro atoms. The third kappa shape index (κ3) is 5.47. The minimum atomic E-state index is -5.45. The molecule has 16 heteroatoms. The third-order valence-corrected chi connectivity index (χ3v) is 9.81. The number of nitrogens with zero attached hydrogens (tertiary/aromatic N) is 4. The quantitative estimate of drug-likeness (QED) is 0.207. The number of aromatic carboxylic acids is 1. The van der Waals surface area contributed by atoms with Crippen LogP contribution in [0.25, 0.3) is 0 Å². The van der Waals surface area contributed by atoms with Crippen molar-refractivity contribution in [2.45, 2.75) is 61.9 Å². The average molecular weight is 641 g/mol. The molecule has 1 unspecified atom stereocenters. The molecule has 2 fully saturated rings. The zero-order valence-electron chi connectivity index (χ0n) is 22.8. The molecule has 2 aromatic carbocycles. The van der Waals surface area contributed by atoms with Crippen molar-refractivity contribution in [3.05, 3.63) is 76.4 Å². The largest absolute Gasteiger partial charge is 0.505 e. The number of hydrogen-bond donors (Lipinski definition) is 2. The summed E-state index contributed by atoms with van der Waals surface area (Å²) in [6, 6.07) is 5.05. The number of aromatic hydroxyl groups is 1. The van der Waals surface area contributed by atoms with E-state index in [1.54, 1.807) is 12.1 Å². The first-order valence-corrected chi connectivity index (χ1v) is 15.0. The Kier molecular flexibility index (Phi) is 8.57. The number of aromatic nitrogens is 2. The lowest BCUT2D eigenvalue weighted by molar-refractivity contribution is -0.125. The summed E-state index contributed by atoms with van der Waals surface area (Å²) in [6.07, 6.45) is 4.85. The van der Waals surface area contributed by atoms with Crippen molar-refractivity contribution in [3.63, 3.8) is 0 Å². The Labute approximate surface area is 247 Å². The number of hydrogen-bond acceptors (Lipinski definition) is 7. The molecule has 1 saturated carbocycles. The summed E-state index contributed by atoms with van der Waals surface area (Å²) in [4.78, 5) is 24.2. The van der Waals surface area contributed by atoms with Crippen LogP contribution in [0.15, 0.2) is 35.2 Å². The predicted molar refractivity (Wildman–Crippen MR) is 143 cm³/mol. The molecule has 1 aliphatic heterocycles. The van der Waals surface area contributed by atoms with Crippen LogP contribution in [0.1, 0.15) is 66.2 Å². The van der Waals surface area contributed by atoms with Gasteiger partial charge in [-0.15, -0.1) is 0 Å². The minimum absolute atomic E-state index is 0.173. The van der Waals surface area contributed by atoms with Gasteiger partial charge in [-0.05, 0) is 43.5 Å². The van der Waals surface area contributed by atoms with Crippen LogP contribution in [-0.2, 0) is 21.4 Å². The van der Waals surface area contributed by atoms with Crippen LogP contribution in [-0.4, -0.2) is 57.6 Å². The number of phenols is 1. The van der Waals surface area contributed by atoms with Crippen molar-refractivity contribution >= 4 is 27.6 Å². The summed E-state index contributed by atoms with van der Waals surface area (Å²) in [5.41, 5.74) is -0.0280. The summed E-state index contributed by atoms with van der Waals surface area (Å²) in [6.45, 7) is -0.955. The number of carbonyl (C=O) groups excluding carboxylic acids is 1. The number of carboxylic acids is 1. The van der Waals surface area contributed by atoms with E-state index in [2.05, 4.69) is 10.2 Å². The number of rotatable bonds is 8. The van der Waals surface area contributed by atoms with Crippen molar-refractivity contribution in [3.8, 4) is 5.75 Å². The van der Waals surface area contributed by atoms with E-state index in [4.69, 9.17) is 0 Å². The smallest absolute Gasteiger partial charge is 0.339 e. The highest BCUT2D eigenvalue weighted by atomic mass is 32.2. The number of halogens is 5. The molecule has 0 radical (unpaired) electrons. The number of sulfonamides is 1. The molecule has 1 aliphatic carbocycles. The first-order chi connectivity index (χ1) is 20.8. The number of carboxylic acid groups (broad SMARTS) is 1. The highest BCUT2D eigenvalue weighted by Crippen LogP contribution is 2.38. The van der Waals surface area contributed by atoms with Gasteiger partial charge in [-0.25, -0.2) is 35.2 Å². The fourth-order valence-electron chi connectivity index (χ4n) is 5.44. The first-order valence-electron chi connectivity index (χ1n) is 13.6. The second-order valence-electron chi connectivity index (χ2n) is 10.5. The van der Waals surface area contributed by atoms with Gasteiger partial charge in [-0.2, -0.15) is 14.5 Å². The van der Waals surface area contributed by atoms with Crippen molar-refractivity contribution in [2.75, 3.05) is 11.4 Å². The van der Waals surface area contributed by atoms with Gasteiger partial charge in [0.15, 0.2) is 33.9 Å². The molecule has 44 heavy (non-hydrogen) atoms. The van der Waals surface area contributed by atoms with Gasteiger partial charge in [0.25, 0.3) is 0 Å². The van der Waals surface area contributed by atoms with E-state index in [0.29, 0.717) is 0 Å². The number of para-hydroxylation sites is 1. The molecule has 2 N–H and O–H groups in total. The van der Waals surface area contributed by atoms with Gasteiger partial charge in [-0.3, -0.25) is 4.79 Å². The van der Waals surface area contributed by atoms with Crippen molar-refractivity contribution in [2.24, 2.45) is 0 Å². The van der Waals surface area contributed by atoms with Crippen molar-refractivity contribution in [1.29, 1.82) is 0 Å². The Bertz CT molecular complexity index is 1710. The molecule has 1 aromatic heterocycles. The Morgan fingerprint density at radius 2 is 1.52 bits per heavy atom. The molecule has 1 saturated heterocycles. The van der Waals surface area contributed by atoms with E-state index in [1.165, 1.54) is 12.1 Å². The lowest BCUT2D eigenvalue weighted by atomic mass is 9.87. The Morgan fingerprint density at radius 3 is 2.07 bits per heavy atom. The summed E-state index contributed by atoms with van der Waals surface area (Å²) in [5, 5.41) is 28.6. The molecule has 1 amide bonds. The van der Waals surface area contributed by atoms with Crippen LogP contribution >= 0.6 is 0 Å². The summed E-state index contributed by atoms with van der Waals surface area (Å²) in [5.74, 6) is -15.9. The summed E-state index contributed by atoms with van der Waals surface area (Å²) >= 11 is 0. The van der Waals surface area contributed by atoms with Gasteiger partial charge in [-0.1, -0.05) is 25.3 Å². The predicted octanol–water partition coefficient (Wildman–Crippen LogP) is 4.62. The second kappa shape index (κ2) is 12.1. The zero-order chi connectivity index (χ0) is 31.9. The average Bonchev–Trinajstić information content (AvgIpc) is 2.98. The molecule has 2 heterocycles. The molecule has 10 nitrogen and oxygen atoms in total. The number of amides is 1. The van der Waals surface area contributed by atoms with Gasteiger partial charge in [0.05, 0.1) is 23.6 Å². The Morgan fingerprint density at radius 1 is 0.886 bits per heavy atom. The SMILES string of the molecule is O=C(O)c1cccc(N(Cc2ccc(C3CCCCC3)nn2)C(=O)C2CCN2S(=O)(=O)c2c(F)c(F)c(F)c(F)c2F)c1O.